The van der Waals surface area contributed by atoms with Crippen molar-refractivity contribution in [2.75, 3.05) is 13.2 Å². The van der Waals surface area contributed by atoms with Crippen LogP contribution in [-0.2, 0) is 19.1 Å². The maximum atomic E-state index is 10.8. The van der Waals surface area contributed by atoms with Crippen molar-refractivity contribution in [3.63, 3.8) is 0 Å². The molecule has 0 heterocycles. The average Bonchev–Trinajstić information content (AvgIpc) is 2.55. The molecule has 0 N–H and O–H groups in total. The van der Waals surface area contributed by atoms with Gasteiger partial charge in [-0.1, -0.05) is 58.8 Å². The number of hydrogen-bond acceptors (Lipinski definition) is 4. The molecule has 0 spiro atoms. The number of esters is 2. The molecule has 0 radical (unpaired) electrons. The molecule has 138 valence electrons. The topological polar surface area (TPSA) is 52.6 Å². The van der Waals surface area contributed by atoms with Gasteiger partial charge in [0.1, 0.15) is 13.2 Å². The van der Waals surface area contributed by atoms with Crippen LogP contribution in [0.1, 0.15) is 59.8 Å². The molecule has 24 heavy (non-hydrogen) atoms. The van der Waals surface area contributed by atoms with Crippen LogP contribution in [0.2, 0.25) is 0 Å². The lowest BCUT2D eigenvalue weighted by Crippen LogP contribution is -2.14. The van der Waals surface area contributed by atoms with Gasteiger partial charge in [-0.2, -0.15) is 0 Å². The van der Waals surface area contributed by atoms with Crippen LogP contribution in [-0.4, -0.2) is 25.2 Å². The Hall–Kier alpha value is -1.84. The van der Waals surface area contributed by atoms with Crippen LogP contribution < -0.4 is 0 Å². The molecule has 0 aliphatic carbocycles. The van der Waals surface area contributed by atoms with E-state index in [1.165, 1.54) is 32.1 Å². The number of carbonyl (C=O) groups is 2. The summed E-state index contributed by atoms with van der Waals surface area (Å²) < 4.78 is 9.38. The Balaban J connectivity index is 0. The summed E-state index contributed by atoms with van der Waals surface area (Å²) in [6.07, 6.45) is 8.66. The van der Waals surface area contributed by atoms with Crippen LogP contribution in [0.15, 0.2) is 37.0 Å². The Labute approximate surface area is 147 Å². The van der Waals surface area contributed by atoms with Crippen LogP contribution in [0.25, 0.3) is 0 Å². The molecule has 0 saturated carbocycles. The number of rotatable bonds is 11. The molecule has 0 aliphatic rings. The van der Waals surface area contributed by atoms with Crippen LogP contribution in [0, 0.1) is 5.92 Å². The smallest absolute Gasteiger partial charge is 0.333 e. The van der Waals surface area contributed by atoms with Crippen molar-refractivity contribution in [3.05, 3.63) is 37.0 Å². The summed E-state index contributed by atoms with van der Waals surface area (Å²) in [5.41, 5.74) is 0.632. The molecule has 0 aliphatic heterocycles. The van der Waals surface area contributed by atoms with E-state index in [0.29, 0.717) is 11.1 Å². The summed E-state index contributed by atoms with van der Waals surface area (Å²) in [7, 11) is 0. The molecule has 0 aromatic carbocycles. The minimum atomic E-state index is -0.489. The van der Waals surface area contributed by atoms with Gasteiger partial charge in [-0.15, -0.1) is 6.58 Å². The highest BCUT2D eigenvalue weighted by Crippen LogP contribution is 2.16. The van der Waals surface area contributed by atoms with Gasteiger partial charge in [0.05, 0.1) is 0 Å². The predicted octanol–water partition coefficient (Wildman–Crippen LogP) is 5.00. The number of allylic oxidation sites excluding steroid dienone is 1. The molecule has 0 saturated heterocycles. The SMILES string of the molecule is C=C(C)C(=O)OCCOC(=O)C(=C)C.C=CCC(CC)CCCC. The number of hydrogen-bond donors (Lipinski definition) is 0. The molecule has 0 aromatic heterocycles. The standard InChI is InChI=1S/C10H14O4.C10H20/c1-7(2)9(11)13-5-6-14-10(12)8(3)4;1-4-7-9-10(6-3)8-5-2/h1,3,5-6H2,2,4H3;5,10H,2,4,6-9H2,1,3H3. The van der Waals surface area contributed by atoms with Crippen LogP contribution in [0.3, 0.4) is 0 Å². The summed E-state index contributed by atoms with van der Waals surface area (Å²) in [6.45, 7) is 18.2. The summed E-state index contributed by atoms with van der Waals surface area (Å²) in [5, 5.41) is 0. The highest BCUT2D eigenvalue weighted by Gasteiger charge is 2.05. The fourth-order valence-corrected chi connectivity index (χ4v) is 1.73. The Morgan fingerprint density at radius 1 is 1.00 bits per heavy atom. The normalized spacial score (nSPS) is 10.7. The van der Waals surface area contributed by atoms with Gasteiger partial charge in [-0.05, 0) is 26.2 Å². The molecule has 1 atom stereocenters. The van der Waals surface area contributed by atoms with Crippen LogP contribution in [0.5, 0.6) is 0 Å². The maximum absolute atomic E-state index is 10.8. The van der Waals surface area contributed by atoms with E-state index < -0.39 is 11.9 Å². The molecule has 4 heteroatoms. The monoisotopic (exact) mass is 338 g/mol. The van der Waals surface area contributed by atoms with Crippen LogP contribution >= 0.6 is 0 Å². The fourth-order valence-electron chi connectivity index (χ4n) is 1.73. The predicted molar refractivity (Wildman–Crippen MR) is 99.7 cm³/mol. The van der Waals surface area contributed by atoms with Gasteiger partial charge in [-0.25, -0.2) is 9.59 Å². The minimum absolute atomic E-state index is 0.0325. The first-order chi connectivity index (χ1) is 11.3. The molecule has 0 amide bonds. The maximum Gasteiger partial charge on any atom is 0.333 e. The van der Waals surface area contributed by atoms with E-state index in [1.54, 1.807) is 13.8 Å². The summed E-state index contributed by atoms with van der Waals surface area (Å²) in [4.78, 5) is 21.7. The van der Waals surface area contributed by atoms with E-state index in [9.17, 15) is 9.59 Å². The fraction of sp³-hybridized carbons (Fsp3) is 0.600. The Morgan fingerprint density at radius 2 is 1.46 bits per heavy atom. The van der Waals surface area contributed by atoms with Gasteiger partial charge in [0, 0.05) is 11.1 Å². The number of ether oxygens (including phenoxy) is 2. The Bertz CT molecular complexity index is 382. The first-order valence-corrected chi connectivity index (χ1v) is 8.56. The first kappa shape index (κ1) is 24.4. The van der Waals surface area contributed by atoms with Gasteiger partial charge in [-0.3, -0.25) is 0 Å². The second kappa shape index (κ2) is 16.0. The van der Waals surface area contributed by atoms with E-state index in [2.05, 4.69) is 43.1 Å². The van der Waals surface area contributed by atoms with Crippen molar-refractivity contribution < 1.29 is 19.1 Å². The van der Waals surface area contributed by atoms with Crippen molar-refractivity contribution in [1.29, 1.82) is 0 Å². The van der Waals surface area contributed by atoms with Crippen LogP contribution in [0.4, 0.5) is 0 Å². The van der Waals surface area contributed by atoms with Crippen molar-refractivity contribution in [2.45, 2.75) is 59.8 Å². The second-order valence-electron chi connectivity index (χ2n) is 5.77. The van der Waals surface area contributed by atoms with Gasteiger partial charge in [0.25, 0.3) is 0 Å². The first-order valence-electron chi connectivity index (χ1n) is 8.56. The third-order valence-corrected chi connectivity index (χ3v) is 3.29. The van der Waals surface area contributed by atoms with Crippen molar-refractivity contribution in [1.82, 2.24) is 0 Å². The van der Waals surface area contributed by atoms with Crippen molar-refractivity contribution in [3.8, 4) is 0 Å². The zero-order chi connectivity index (χ0) is 19.0. The molecule has 0 bridgehead atoms. The molecular formula is C20H34O4. The molecule has 0 fully saturated rings. The van der Waals surface area contributed by atoms with E-state index in [1.807, 2.05) is 6.08 Å². The summed E-state index contributed by atoms with van der Waals surface area (Å²) in [5.74, 6) is -0.0785. The summed E-state index contributed by atoms with van der Waals surface area (Å²) in [6, 6.07) is 0. The summed E-state index contributed by atoms with van der Waals surface area (Å²) >= 11 is 0. The molecule has 0 aromatic rings. The Morgan fingerprint density at radius 3 is 1.75 bits per heavy atom. The third-order valence-electron chi connectivity index (χ3n) is 3.29. The van der Waals surface area contributed by atoms with E-state index in [-0.39, 0.29) is 13.2 Å². The highest BCUT2D eigenvalue weighted by molar-refractivity contribution is 5.87. The number of unbranched alkanes of at least 4 members (excludes halogenated alkanes) is 1. The minimum Gasteiger partial charge on any atom is -0.459 e. The molecule has 4 nitrogen and oxygen atoms in total. The lowest BCUT2D eigenvalue weighted by atomic mass is 9.96. The second-order valence-corrected chi connectivity index (χ2v) is 5.77. The molecule has 1 unspecified atom stereocenters. The number of carbonyl (C=O) groups excluding carboxylic acids is 2. The van der Waals surface area contributed by atoms with Crippen molar-refractivity contribution >= 4 is 11.9 Å². The van der Waals surface area contributed by atoms with Gasteiger partial charge >= 0.3 is 11.9 Å². The lowest BCUT2D eigenvalue weighted by Gasteiger charge is -2.10. The van der Waals surface area contributed by atoms with Crippen molar-refractivity contribution in [2.24, 2.45) is 5.92 Å². The Kier molecular flexibility index (Phi) is 16.3. The van der Waals surface area contributed by atoms with E-state index in [0.717, 1.165) is 5.92 Å². The van der Waals surface area contributed by atoms with E-state index >= 15 is 0 Å². The van der Waals surface area contributed by atoms with E-state index in [4.69, 9.17) is 0 Å². The van der Waals surface area contributed by atoms with Gasteiger partial charge in [0.15, 0.2) is 0 Å². The zero-order valence-corrected chi connectivity index (χ0v) is 15.9. The lowest BCUT2D eigenvalue weighted by molar-refractivity contribution is -0.147. The van der Waals surface area contributed by atoms with Gasteiger partial charge < -0.3 is 9.47 Å². The zero-order valence-electron chi connectivity index (χ0n) is 15.9. The molecule has 0 rings (SSSR count). The third kappa shape index (κ3) is 15.1. The average molecular weight is 338 g/mol. The largest absolute Gasteiger partial charge is 0.459 e. The molecular weight excluding hydrogens is 304 g/mol. The highest BCUT2D eigenvalue weighted by atomic mass is 16.6. The quantitative estimate of drug-likeness (QED) is 0.230. The van der Waals surface area contributed by atoms with Gasteiger partial charge in [0.2, 0.25) is 0 Å².